The summed E-state index contributed by atoms with van der Waals surface area (Å²) in [5.74, 6) is 4.10. The topological polar surface area (TPSA) is 73.0 Å². The van der Waals surface area contributed by atoms with Crippen molar-refractivity contribution in [3.63, 3.8) is 0 Å². The lowest BCUT2D eigenvalue weighted by Gasteiger charge is -2.16. The number of benzene rings is 2. The van der Waals surface area contributed by atoms with E-state index in [2.05, 4.69) is 31.3 Å². The summed E-state index contributed by atoms with van der Waals surface area (Å²) in [4.78, 5) is 17.9. The van der Waals surface area contributed by atoms with Gasteiger partial charge >= 0.3 is 0 Å². The van der Waals surface area contributed by atoms with Crippen LogP contribution in [0, 0.1) is 0 Å². The van der Waals surface area contributed by atoms with Crippen molar-refractivity contribution in [1.82, 2.24) is 4.98 Å². The Bertz CT molecular complexity index is 1230. The summed E-state index contributed by atoms with van der Waals surface area (Å²) in [5, 5.41) is 3.03. The molecule has 0 atom stereocenters. The number of anilines is 1. The molecule has 1 amide bonds. The van der Waals surface area contributed by atoms with Gasteiger partial charge in [-0.05, 0) is 66.3 Å². The maximum Gasteiger partial charge on any atom is 0.236 e. The number of carbonyl (C=O) groups excluding carboxylic acids is 1. The van der Waals surface area contributed by atoms with Crippen LogP contribution < -0.4 is 19.5 Å². The minimum atomic E-state index is -0.536. The second-order valence-corrected chi connectivity index (χ2v) is 8.66. The van der Waals surface area contributed by atoms with Crippen LogP contribution in [0.1, 0.15) is 43.7 Å². The maximum absolute atomic E-state index is 13.2. The normalized spacial score (nSPS) is 16.5. The highest BCUT2D eigenvalue weighted by atomic mass is 16.7. The number of nitrogens with one attached hydrogen (secondary N) is 1. The maximum atomic E-state index is 13.2. The molecule has 1 fully saturated rings. The molecule has 3 aliphatic rings. The minimum absolute atomic E-state index is 0.0426. The first-order valence-corrected chi connectivity index (χ1v) is 10.6. The predicted molar refractivity (Wildman–Crippen MR) is 116 cm³/mol. The summed E-state index contributed by atoms with van der Waals surface area (Å²) in [6.07, 6.45) is 1.60. The molecule has 1 aliphatic carbocycles. The average Bonchev–Trinajstić information content (AvgIpc) is 3.68. The molecule has 1 N–H and O–H groups in total. The van der Waals surface area contributed by atoms with Crippen molar-refractivity contribution in [1.29, 1.82) is 0 Å². The van der Waals surface area contributed by atoms with Crippen LogP contribution >= 0.6 is 0 Å². The number of hydrogen-bond donors (Lipinski definition) is 1. The number of ether oxygens (including phenoxy) is 3. The Balaban J connectivity index is 1.27. The van der Waals surface area contributed by atoms with E-state index in [0.717, 1.165) is 46.9 Å². The van der Waals surface area contributed by atoms with Crippen molar-refractivity contribution in [3.8, 4) is 34.3 Å². The van der Waals surface area contributed by atoms with E-state index in [9.17, 15) is 4.79 Å². The van der Waals surface area contributed by atoms with E-state index in [-0.39, 0.29) is 12.7 Å². The van der Waals surface area contributed by atoms with Crippen LogP contribution in [0.25, 0.3) is 11.3 Å². The third kappa shape index (κ3) is 3.02. The van der Waals surface area contributed by atoms with Gasteiger partial charge in [-0.1, -0.05) is 26.0 Å². The molecule has 2 aliphatic heterocycles. The Hall–Kier alpha value is -3.54. The smallest absolute Gasteiger partial charge is 0.236 e. The summed E-state index contributed by atoms with van der Waals surface area (Å²) in [6.45, 7) is 4.53. The quantitative estimate of drug-likeness (QED) is 0.444. The molecular weight excluding hydrogens is 392 g/mol. The number of amides is 1. The molecule has 2 aromatic carbocycles. The molecule has 1 aromatic heterocycles. The van der Waals surface area contributed by atoms with Gasteiger partial charge in [0.2, 0.25) is 12.7 Å². The molecule has 6 rings (SSSR count). The molecule has 6 heteroatoms. The fourth-order valence-corrected chi connectivity index (χ4v) is 4.17. The van der Waals surface area contributed by atoms with Crippen LogP contribution in [0.2, 0.25) is 0 Å². The summed E-state index contributed by atoms with van der Waals surface area (Å²) in [7, 11) is 0. The zero-order chi connectivity index (χ0) is 21.2. The lowest BCUT2D eigenvalue weighted by molar-refractivity contribution is -0.118. The van der Waals surface area contributed by atoms with E-state index in [0.29, 0.717) is 17.5 Å². The van der Waals surface area contributed by atoms with Crippen molar-refractivity contribution in [2.75, 3.05) is 12.1 Å². The van der Waals surface area contributed by atoms with Gasteiger partial charge in [0.1, 0.15) is 5.82 Å². The number of nitrogens with zero attached hydrogens (tertiary/aromatic N) is 1. The van der Waals surface area contributed by atoms with Gasteiger partial charge < -0.3 is 19.5 Å². The van der Waals surface area contributed by atoms with Gasteiger partial charge in [-0.15, -0.1) is 0 Å². The molecular formula is C25H22N2O4. The van der Waals surface area contributed by atoms with Crippen LogP contribution in [-0.2, 0) is 10.2 Å². The summed E-state index contributed by atoms with van der Waals surface area (Å²) >= 11 is 0. The van der Waals surface area contributed by atoms with E-state index < -0.39 is 5.41 Å². The largest absolute Gasteiger partial charge is 0.454 e. The second-order valence-electron chi connectivity index (χ2n) is 8.66. The zero-order valence-corrected chi connectivity index (χ0v) is 17.4. The third-order valence-corrected chi connectivity index (χ3v) is 6.29. The van der Waals surface area contributed by atoms with Gasteiger partial charge in [0, 0.05) is 5.56 Å². The first kappa shape index (κ1) is 18.2. The molecule has 1 saturated carbocycles. The van der Waals surface area contributed by atoms with Crippen LogP contribution in [0.4, 0.5) is 5.82 Å². The summed E-state index contributed by atoms with van der Waals surface area (Å²) < 4.78 is 16.5. The standard InChI is InChI=1S/C25H22N2O4/c1-14(2)15-10-17(23-21(11-15)31-23)18-4-3-5-22(26-18)27-24(28)25(8-9-25)16-6-7-19-20(12-16)30-13-29-19/h3-7,10-12,14H,8-9,13H2,1-2H3,(H,26,27,28). The van der Waals surface area contributed by atoms with Gasteiger partial charge in [-0.3, -0.25) is 4.79 Å². The van der Waals surface area contributed by atoms with Gasteiger partial charge in [0.25, 0.3) is 0 Å². The first-order chi connectivity index (χ1) is 15.0. The van der Waals surface area contributed by atoms with Crippen molar-refractivity contribution >= 4 is 11.7 Å². The molecule has 3 aromatic rings. The Kier molecular flexibility index (Phi) is 3.81. The number of hydrogen-bond acceptors (Lipinski definition) is 5. The van der Waals surface area contributed by atoms with E-state index in [4.69, 9.17) is 19.2 Å². The zero-order valence-electron chi connectivity index (χ0n) is 17.4. The number of fused-ring (bicyclic) bond motifs is 2. The van der Waals surface area contributed by atoms with Gasteiger partial charge in [-0.2, -0.15) is 0 Å². The van der Waals surface area contributed by atoms with Crippen molar-refractivity contribution < 1.29 is 19.0 Å². The number of pyridine rings is 1. The lowest BCUT2D eigenvalue weighted by atomic mass is 9.94. The highest BCUT2D eigenvalue weighted by Crippen LogP contribution is 2.54. The Morgan fingerprint density at radius 2 is 1.87 bits per heavy atom. The van der Waals surface area contributed by atoms with Crippen LogP contribution in [-0.4, -0.2) is 17.7 Å². The molecule has 0 radical (unpaired) electrons. The number of aromatic nitrogens is 1. The van der Waals surface area contributed by atoms with E-state index >= 15 is 0 Å². The highest BCUT2D eigenvalue weighted by Gasteiger charge is 2.51. The van der Waals surface area contributed by atoms with Crippen molar-refractivity contribution in [3.05, 3.63) is 59.7 Å². The predicted octanol–water partition coefficient (Wildman–Crippen LogP) is 5.38. The van der Waals surface area contributed by atoms with Gasteiger partial charge in [-0.25, -0.2) is 4.98 Å². The molecule has 31 heavy (non-hydrogen) atoms. The van der Waals surface area contributed by atoms with Crippen LogP contribution in [0.3, 0.4) is 0 Å². The highest BCUT2D eigenvalue weighted by molar-refractivity contribution is 6.01. The fraction of sp³-hybridized carbons (Fsp3) is 0.280. The van der Waals surface area contributed by atoms with Crippen LogP contribution in [0.15, 0.2) is 48.5 Å². The number of rotatable bonds is 5. The van der Waals surface area contributed by atoms with Crippen LogP contribution in [0.5, 0.6) is 23.0 Å². The molecule has 0 spiro atoms. The molecule has 0 unspecified atom stereocenters. The van der Waals surface area contributed by atoms with Gasteiger partial charge in [0.15, 0.2) is 23.0 Å². The third-order valence-electron chi connectivity index (χ3n) is 6.29. The summed E-state index contributed by atoms with van der Waals surface area (Å²) in [6, 6.07) is 15.6. The average molecular weight is 414 g/mol. The van der Waals surface area contributed by atoms with E-state index in [1.807, 2.05) is 36.4 Å². The Morgan fingerprint density at radius 3 is 2.68 bits per heavy atom. The van der Waals surface area contributed by atoms with E-state index in [1.165, 1.54) is 5.56 Å². The van der Waals surface area contributed by atoms with Crippen molar-refractivity contribution in [2.45, 2.75) is 38.0 Å². The number of carbonyl (C=O) groups is 1. The summed E-state index contributed by atoms with van der Waals surface area (Å²) in [5.41, 5.74) is 3.39. The fourth-order valence-electron chi connectivity index (χ4n) is 4.17. The molecule has 0 saturated heterocycles. The first-order valence-electron chi connectivity index (χ1n) is 10.6. The lowest BCUT2D eigenvalue weighted by Crippen LogP contribution is -2.28. The minimum Gasteiger partial charge on any atom is -0.454 e. The molecule has 3 heterocycles. The Morgan fingerprint density at radius 1 is 1.03 bits per heavy atom. The molecule has 6 nitrogen and oxygen atoms in total. The van der Waals surface area contributed by atoms with Gasteiger partial charge in [0.05, 0.1) is 11.1 Å². The SMILES string of the molecule is CC(C)c1cc2c(c(-c3cccc(NC(=O)C4(c5ccc6c(c5)OCO6)CC4)n3)c1)O2. The second kappa shape index (κ2) is 6.48. The van der Waals surface area contributed by atoms with E-state index in [1.54, 1.807) is 0 Å². The molecule has 0 bridgehead atoms. The Labute approximate surface area is 180 Å². The van der Waals surface area contributed by atoms with Crippen molar-refractivity contribution in [2.24, 2.45) is 0 Å². The monoisotopic (exact) mass is 414 g/mol. The molecule has 156 valence electrons.